The van der Waals surface area contributed by atoms with Crippen LogP contribution in [0.25, 0.3) is 0 Å². The molecule has 0 aliphatic carbocycles. The number of ether oxygens (including phenoxy) is 2. The van der Waals surface area contributed by atoms with Gasteiger partial charge in [-0.25, -0.2) is 4.98 Å². The van der Waals surface area contributed by atoms with Crippen LogP contribution in [-0.2, 0) is 0 Å². The molecule has 0 fully saturated rings. The van der Waals surface area contributed by atoms with Crippen LogP contribution in [0, 0.1) is 13.8 Å². The summed E-state index contributed by atoms with van der Waals surface area (Å²) in [5, 5.41) is 0. The second-order valence-corrected chi connectivity index (χ2v) is 4.11. The molecule has 0 radical (unpaired) electrons. The van der Waals surface area contributed by atoms with Crippen LogP contribution in [0.3, 0.4) is 0 Å². The number of aromatic nitrogens is 1. The topological polar surface area (TPSA) is 57.4 Å². The van der Waals surface area contributed by atoms with Crippen molar-refractivity contribution in [3.05, 3.63) is 41.6 Å². The van der Waals surface area contributed by atoms with Gasteiger partial charge in [0, 0.05) is 24.0 Å². The third kappa shape index (κ3) is 2.53. The Balaban J connectivity index is 2.30. The van der Waals surface area contributed by atoms with E-state index in [1.54, 1.807) is 25.4 Å². The Bertz CT molecular complexity index is 568. The molecular weight excluding hydrogens is 228 g/mol. The van der Waals surface area contributed by atoms with E-state index in [9.17, 15) is 0 Å². The molecule has 1 aromatic heterocycles. The lowest BCUT2D eigenvalue weighted by Gasteiger charge is -2.11. The fourth-order valence-corrected chi connectivity index (χ4v) is 1.65. The Labute approximate surface area is 106 Å². The second-order valence-electron chi connectivity index (χ2n) is 4.11. The van der Waals surface area contributed by atoms with Crippen LogP contribution in [0.4, 0.5) is 5.69 Å². The molecule has 18 heavy (non-hydrogen) atoms. The largest absolute Gasteiger partial charge is 0.481 e. The van der Waals surface area contributed by atoms with Crippen molar-refractivity contribution in [2.24, 2.45) is 0 Å². The number of methoxy groups -OCH3 is 1. The maximum Gasteiger partial charge on any atom is 0.216 e. The van der Waals surface area contributed by atoms with Crippen molar-refractivity contribution in [3.8, 4) is 17.4 Å². The zero-order chi connectivity index (χ0) is 13.1. The van der Waals surface area contributed by atoms with E-state index in [4.69, 9.17) is 15.2 Å². The van der Waals surface area contributed by atoms with Crippen LogP contribution in [0.5, 0.6) is 17.4 Å². The number of aryl methyl sites for hydroxylation is 2. The number of nitrogens with zero attached hydrogens (tertiary/aromatic N) is 1. The summed E-state index contributed by atoms with van der Waals surface area (Å²) >= 11 is 0. The van der Waals surface area contributed by atoms with Gasteiger partial charge in [-0.3, -0.25) is 0 Å². The third-order valence-corrected chi connectivity index (χ3v) is 2.71. The van der Waals surface area contributed by atoms with Crippen LogP contribution >= 0.6 is 0 Å². The van der Waals surface area contributed by atoms with E-state index in [2.05, 4.69) is 4.98 Å². The molecule has 0 spiro atoms. The molecule has 2 aromatic rings. The van der Waals surface area contributed by atoms with Gasteiger partial charge in [-0.15, -0.1) is 0 Å². The van der Waals surface area contributed by atoms with Crippen molar-refractivity contribution in [3.63, 3.8) is 0 Å². The molecule has 0 unspecified atom stereocenters. The summed E-state index contributed by atoms with van der Waals surface area (Å²) in [6.45, 7) is 3.96. The van der Waals surface area contributed by atoms with Crippen molar-refractivity contribution in [2.45, 2.75) is 13.8 Å². The molecule has 0 aliphatic heterocycles. The number of hydrogen-bond donors (Lipinski definition) is 1. The standard InChI is InChI=1S/C14H16N2O2/c1-9-6-10(2)13(8-12(9)15)18-11-4-5-16-14(7-11)17-3/h4-8H,15H2,1-3H3. The SMILES string of the molecule is COc1cc(Oc2cc(N)c(C)cc2C)ccn1. The Morgan fingerprint density at radius 1 is 1.11 bits per heavy atom. The van der Waals surface area contributed by atoms with Gasteiger partial charge < -0.3 is 15.2 Å². The average Bonchev–Trinajstić information content (AvgIpc) is 2.36. The molecule has 0 amide bonds. The highest BCUT2D eigenvalue weighted by atomic mass is 16.5. The quantitative estimate of drug-likeness (QED) is 0.843. The number of nitrogens with two attached hydrogens (primary N) is 1. The van der Waals surface area contributed by atoms with Crippen LogP contribution in [0.1, 0.15) is 11.1 Å². The van der Waals surface area contributed by atoms with Gasteiger partial charge in [0.15, 0.2) is 0 Å². The van der Waals surface area contributed by atoms with Crippen molar-refractivity contribution >= 4 is 5.69 Å². The molecule has 1 aromatic carbocycles. The molecular formula is C14H16N2O2. The number of benzene rings is 1. The Morgan fingerprint density at radius 2 is 1.89 bits per heavy atom. The fourth-order valence-electron chi connectivity index (χ4n) is 1.65. The van der Waals surface area contributed by atoms with Gasteiger partial charge in [0.25, 0.3) is 0 Å². The smallest absolute Gasteiger partial charge is 0.216 e. The predicted molar refractivity (Wildman–Crippen MR) is 71.2 cm³/mol. The Morgan fingerprint density at radius 3 is 2.61 bits per heavy atom. The summed E-state index contributed by atoms with van der Waals surface area (Å²) in [6, 6.07) is 7.34. The summed E-state index contributed by atoms with van der Waals surface area (Å²) in [5.74, 6) is 1.93. The van der Waals surface area contributed by atoms with E-state index < -0.39 is 0 Å². The van der Waals surface area contributed by atoms with Gasteiger partial charge in [-0.05, 0) is 31.0 Å². The molecule has 4 heteroatoms. The lowest BCUT2D eigenvalue weighted by Crippen LogP contribution is -1.95. The number of anilines is 1. The minimum Gasteiger partial charge on any atom is -0.481 e. The molecule has 1 heterocycles. The average molecular weight is 244 g/mol. The molecule has 4 nitrogen and oxygen atoms in total. The molecule has 0 saturated carbocycles. The zero-order valence-electron chi connectivity index (χ0n) is 10.7. The van der Waals surface area contributed by atoms with Crippen molar-refractivity contribution in [2.75, 3.05) is 12.8 Å². The maximum absolute atomic E-state index is 5.88. The molecule has 0 atom stereocenters. The van der Waals surface area contributed by atoms with Crippen molar-refractivity contribution in [1.82, 2.24) is 4.98 Å². The van der Waals surface area contributed by atoms with E-state index >= 15 is 0 Å². The first-order valence-corrected chi connectivity index (χ1v) is 5.65. The normalized spacial score (nSPS) is 10.2. The summed E-state index contributed by atoms with van der Waals surface area (Å²) in [5.41, 5.74) is 8.69. The Kier molecular flexibility index (Phi) is 3.37. The number of nitrogen functional groups attached to an aromatic ring is 1. The first-order valence-electron chi connectivity index (χ1n) is 5.65. The van der Waals surface area contributed by atoms with E-state index in [1.165, 1.54) is 0 Å². The number of rotatable bonds is 3. The zero-order valence-corrected chi connectivity index (χ0v) is 10.7. The molecule has 0 saturated heterocycles. The van der Waals surface area contributed by atoms with Gasteiger partial charge >= 0.3 is 0 Å². The van der Waals surface area contributed by atoms with Crippen molar-refractivity contribution in [1.29, 1.82) is 0 Å². The molecule has 0 aliphatic rings. The second kappa shape index (κ2) is 4.96. The highest BCUT2D eigenvalue weighted by Gasteiger charge is 2.06. The highest BCUT2D eigenvalue weighted by molar-refractivity contribution is 5.55. The monoisotopic (exact) mass is 244 g/mol. The lowest BCUT2D eigenvalue weighted by atomic mass is 10.1. The Hall–Kier alpha value is -2.23. The third-order valence-electron chi connectivity index (χ3n) is 2.71. The minimum atomic E-state index is 0.519. The van der Waals surface area contributed by atoms with Crippen molar-refractivity contribution < 1.29 is 9.47 Å². The van der Waals surface area contributed by atoms with Gasteiger partial charge in [-0.1, -0.05) is 6.07 Å². The first-order chi connectivity index (χ1) is 8.60. The van der Waals surface area contributed by atoms with Crippen LogP contribution in [0.15, 0.2) is 30.5 Å². The van der Waals surface area contributed by atoms with Gasteiger partial charge in [0.1, 0.15) is 11.5 Å². The van der Waals surface area contributed by atoms with Crippen LogP contribution < -0.4 is 15.2 Å². The van der Waals surface area contributed by atoms with E-state index in [1.807, 2.05) is 26.0 Å². The van der Waals surface area contributed by atoms with Gasteiger partial charge in [0.05, 0.1) is 7.11 Å². The van der Waals surface area contributed by atoms with E-state index in [-0.39, 0.29) is 0 Å². The van der Waals surface area contributed by atoms with Crippen LogP contribution in [-0.4, -0.2) is 12.1 Å². The summed E-state index contributed by atoms with van der Waals surface area (Å²) in [4.78, 5) is 4.03. The summed E-state index contributed by atoms with van der Waals surface area (Å²) in [7, 11) is 1.57. The van der Waals surface area contributed by atoms with E-state index in [0.29, 0.717) is 11.6 Å². The fraction of sp³-hybridized carbons (Fsp3) is 0.214. The number of hydrogen-bond acceptors (Lipinski definition) is 4. The van der Waals surface area contributed by atoms with Gasteiger partial charge in [0.2, 0.25) is 5.88 Å². The minimum absolute atomic E-state index is 0.519. The van der Waals surface area contributed by atoms with Gasteiger partial charge in [-0.2, -0.15) is 0 Å². The summed E-state index contributed by atoms with van der Waals surface area (Å²) < 4.78 is 10.8. The molecule has 0 bridgehead atoms. The predicted octanol–water partition coefficient (Wildman–Crippen LogP) is 3.08. The lowest BCUT2D eigenvalue weighted by molar-refractivity contribution is 0.392. The molecule has 94 valence electrons. The number of pyridine rings is 1. The summed E-state index contributed by atoms with van der Waals surface area (Å²) in [6.07, 6.45) is 1.64. The molecule has 2 N–H and O–H groups in total. The maximum atomic E-state index is 5.88. The first kappa shape index (κ1) is 12.2. The molecule has 2 rings (SSSR count). The van der Waals surface area contributed by atoms with E-state index in [0.717, 1.165) is 22.6 Å². The van der Waals surface area contributed by atoms with Crippen LogP contribution in [0.2, 0.25) is 0 Å². The highest BCUT2D eigenvalue weighted by Crippen LogP contribution is 2.29.